The summed E-state index contributed by atoms with van der Waals surface area (Å²) in [5.74, 6) is -0.831. The monoisotopic (exact) mass is 240 g/mol. The van der Waals surface area contributed by atoms with Gasteiger partial charge in [-0.1, -0.05) is 0 Å². The van der Waals surface area contributed by atoms with Crippen LogP contribution in [-0.4, -0.2) is 25.7 Å². The Bertz CT molecular complexity index is 406. The summed E-state index contributed by atoms with van der Waals surface area (Å²) >= 11 is 1.27. The molecule has 0 amide bonds. The molecule has 0 unspecified atom stereocenters. The lowest BCUT2D eigenvalue weighted by atomic mass is 10.2. The largest absolute Gasteiger partial charge is 0.465 e. The third kappa shape index (κ3) is 3.20. The van der Waals surface area contributed by atoms with Crippen molar-refractivity contribution in [2.24, 2.45) is 0 Å². The minimum absolute atomic E-state index is 0.330. The lowest BCUT2D eigenvalue weighted by Gasteiger charge is -1.97. The Morgan fingerprint density at radius 3 is 2.88 bits per heavy atom. The third-order valence-corrected chi connectivity index (χ3v) is 2.66. The van der Waals surface area contributed by atoms with Gasteiger partial charge in [-0.2, -0.15) is 0 Å². The highest BCUT2D eigenvalue weighted by Crippen LogP contribution is 2.19. The first kappa shape index (κ1) is 12.4. The highest BCUT2D eigenvalue weighted by atomic mass is 32.1. The van der Waals surface area contributed by atoms with E-state index < -0.39 is 11.9 Å². The van der Waals surface area contributed by atoms with Crippen molar-refractivity contribution in [3.63, 3.8) is 0 Å². The van der Waals surface area contributed by atoms with Crippen LogP contribution in [-0.2, 0) is 14.3 Å². The lowest BCUT2D eigenvalue weighted by molar-refractivity contribution is -0.137. The summed E-state index contributed by atoms with van der Waals surface area (Å²) in [4.78, 5) is 22.8. The van der Waals surface area contributed by atoms with Crippen LogP contribution in [0.2, 0.25) is 0 Å². The summed E-state index contributed by atoms with van der Waals surface area (Å²) in [6.07, 6.45) is 2.83. The van der Waals surface area contributed by atoms with E-state index in [0.29, 0.717) is 17.0 Å². The molecule has 1 rings (SSSR count). The topological polar surface area (TPSA) is 52.6 Å². The fourth-order valence-electron chi connectivity index (χ4n) is 1.06. The molecule has 16 heavy (non-hydrogen) atoms. The van der Waals surface area contributed by atoms with Gasteiger partial charge in [-0.05, 0) is 24.4 Å². The lowest BCUT2D eigenvalue weighted by Crippen LogP contribution is -2.01. The second kappa shape index (κ2) is 6.07. The highest BCUT2D eigenvalue weighted by molar-refractivity contribution is 7.12. The number of hydrogen-bond donors (Lipinski definition) is 0. The summed E-state index contributed by atoms with van der Waals surface area (Å²) in [6, 6.07) is 1.74. The molecule has 0 aliphatic rings. The minimum Gasteiger partial charge on any atom is -0.465 e. The van der Waals surface area contributed by atoms with E-state index in [9.17, 15) is 9.59 Å². The Hall–Kier alpha value is -1.62. The van der Waals surface area contributed by atoms with Gasteiger partial charge >= 0.3 is 11.9 Å². The molecule has 0 saturated carbocycles. The summed E-state index contributed by atoms with van der Waals surface area (Å²) in [6.45, 7) is 2.06. The molecule has 4 nitrogen and oxygen atoms in total. The predicted molar refractivity (Wildman–Crippen MR) is 61.3 cm³/mol. The van der Waals surface area contributed by atoms with Crippen LogP contribution in [0.25, 0.3) is 6.08 Å². The van der Waals surface area contributed by atoms with E-state index in [-0.39, 0.29) is 0 Å². The number of hydrogen-bond acceptors (Lipinski definition) is 5. The van der Waals surface area contributed by atoms with Crippen molar-refractivity contribution in [2.75, 3.05) is 13.7 Å². The van der Waals surface area contributed by atoms with Gasteiger partial charge in [0.25, 0.3) is 0 Å². The zero-order valence-corrected chi connectivity index (χ0v) is 9.87. The van der Waals surface area contributed by atoms with Gasteiger partial charge in [0.2, 0.25) is 0 Å². The van der Waals surface area contributed by atoms with Crippen LogP contribution in [0.1, 0.15) is 22.2 Å². The smallest absolute Gasteiger partial charge is 0.348 e. The van der Waals surface area contributed by atoms with Crippen molar-refractivity contribution in [3.05, 3.63) is 28.0 Å². The molecule has 0 aliphatic carbocycles. The molecule has 86 valence electrons. The number of thiophene rings is 1. The van der Waals surface area contributed by atoms with Crippen LogP contribution < -0.4 is 0 Å². The standard InChI is InChI=1S/C11H12O4S/c1-3-15-9(12)5-4-8-6-7-16-10(8)11(13)14-2/h4-7H,3H2,1-2H3. The number of carbonyl (C=O) groups is 2. The van der Waals surface area contributed by atoms with Gasteiger partial charge in [0.05, 0.1) is 13.7 Å². The molecule has 1 aromatic rings. The zero-order valence-electron chi connectivity index (χ0n) is 9.06. The Kier molecular flexibility index (Phi) is 4.72. The first-order chi connectivity index (χ1) is 7.69. The molecule has 1 heterocycles. The zero-order chi connectivity index (χ0) is 12.0. The van der Waals surface area contributed by atoms with E-state index in [1.807, 2.05) is 0 Å². The normalized spacial score (nSPS) is 10.4. The van der Waals surface area contributed by atoms with Crippen molar-refractivity contribution >= 4 is 29.4 Å². The highest BCUT2D eigenvalue weighted by Gasteiger charge is 2.11. The van der Waals surface area contributed by atoms with Gasteiger partial charge in [-0.15, -0.1) is 11.3 Å². The van der Waals surface area contributed by atoms with Gasteiger partial charge in [-0.3, -0.25) is 0 Å². The second-order valence-corrected chi connectivity index (χ2v) is 3.70. The average molecular weight is 240 g/mol. The molecule has 0 saturated heterocycles. The number of rotatable bonds is 4. The van der Waals surface area contributed by atoms with Crippen molar-refractivity contribution in [3.8, 4) is 0 Å². The van der Waals surface area contributed by atoms with E-state index in [2.05, 4.69) is 4.74 Å². The van der Waals surface area contributed by atoms with Gasteiger partial charge in [0, 0.05) is 11.6 Å². The molecule has 0 radical (unpaired) electrons. The SMILES string of the molecule is CCOC(=O)C=Cc1ccsc1C(=O)OC. The van der Waals surface area contributed by atoms with Crippen LogP contribution in [0.4, 0.5) is 0 Å². The maximum Gasteiger partial charge on any atom is 0.348 e. The van der Waals surface area contributed by atoms with Crippen LogP contribution >= 0.6 is 11.3 Å². The third-order valence-electron chi connectivity index (χ3n) is 1.75. The van der Waals surface area contributed by atoms with E-state index in [1.165, 1.54) is 24.5 Å². The second-order valence-electron chi connectivity index (χ2n) is 2.78. The Balaban J connectivity index is 2.78. The molecule has 0 aliphatic heterocycles. The van der Waals surface area contributed by atoms with Crippen molar-refractivity contribution < 1.29 is 19.1 Å². The van der Waals surface area contributed by atoms with Crippen LogP contribution in [0, 0.1) is 0 Å². The first-order valence-corrected chi connectivity index (χ1v) is 5.57. The molecular weight excluding hydrogens is 228 g/mol. The fourth-order valence-corrected chi connectivity index (χ4v) is 1.86. The fraction of sp³-hybridized carbons (Fsp3) is 0.273. The molecule has 0 bridgehead atoms. The van der Waals surface area contributed by atoms with Crippen molar-refractivity contribution in [1.82, 2.24) is 0 Å². The molecule has 5 heteroatoms. The summed E-state index contributed by atoms with van der Waals surface area (Å²) < 4.78 is 9.34. The molecule has 0 aromatic carbocycles. The predicted octanol–water partition coefficient (Wildman–Crippen LogP) is 2.11. The van der Waals surface area contributed by atoms with Crippen molar-refractivity contribution in [1.29, 1.82) is 0 Å². The van der Waals surface area contributed by atoms with Gasteiger partial charge in [0.15, 0.2) is 0 Å². The number of methoxy groups -OCH3 is 1. The Labute approximate surface area is 97.5 Å². The molecule has 1 aromatic heterocycles. The quantitative estimate of drug-likeness (QED) is 0.597. The minimum atomic E-state index is -0.426. The van der Waals surface area contributed by atoms with Crippen molar-refractivity contribution in [2.45, 2.75) is 6.92 Å². The maximum atomic E-state index is 11.3. The van der Waals surface area contributed by atoms with E-state index in [4.69, 9.17) is 4.74 Å². The Morgan fingerprint density at radius 2 is 2.25 bits per heavy atom. The maximum absolute atomic E-state index is 11.3. The summed E-state index contributed by atoms with van der Waals surface area (Å²) in [7, 11) is 1.32. The summed E-state index contributed by atoms with van der Waals surface area (Å²) in [5, 5.41) is 1.76. The Morgan fingerprint density at radius 1 is 1.50 bits per heavy atom. The number of carbonyl (C=O) groups excluding carboxylic acids is 2. The summed E-state index contributed by atoms with van der Waals surface area (Å²) in [5.41, 5.74) is 0.657. The van der Waals surface area contributed by atoms with Crippen LogP contribution in [0.5, 0.6) is 0 Å². The molecule has 0 atom stereocenters. The molecule has 0 spiro atoms. The van der Waals surface area contributed by atoms with Crippen LogP contribution in [0.3, 0.4) is 0 Å². The first-order valence-electron chi connectivity index (χ1n) is 4.69. The van der Waals surface area contributed by atoms with E-state index >= 15 is 0 Å². The van der Waals surface area contributed by atoms with Gasteiger partial charge in [-0.25, -0.2) is 9.59 Å². The van der Waals surface area contributed by atoms with E-state index in [1.54, 1.807) is 24.4 Å². The molecular formula is C11H12O4S. The van der Waals surface area contributed by atoms with Gasteiger partial charge in [0.1, 0.15) is 4.88 Å². The molecule has 0 fully saturated rings. The molecule has 0 N–H and O–H groups in total. The van der Waals surface area contributed by atoms with E-state index in [0.717, 1.165) is 0 Å². The number of ether oxygens (including phenoxy) is 2. The average Bonchev–Trinajstić information content (AvgIpc) is 2.74. The van der Waals surface area contributed by atoms with Crippen LogP contribution in [0.15, 0.2) is 17.5 Å². The number of esters is 2. The van der Waals surface area contributed by atoms with Gasteiger partial charge < -0.3 is 9.47 Å².